The Hall–Kier alpha value is -1.97. The molecule has 1 unspecified atom stereocenters. The maximum Gasteiger partial charge on any atom is 0.303 e. The van der Waals surface area contributed by atoms with Crippen LogP contribution in [0.1, 0.15) is 30.7 Å². The lowest BCUT2D eigenvalue weighted by Crippen LogP contribution is -2.08. The molecule has 4 heteroatoms. The standard InChI is InChI=1S/C14H14N2O2/c17-14(18)6-13(9-1-2-9)10-3-4-11-7-15-16-8-12(11)5-10/h3-5,7-9,13H,1-2,6H2,(H,17,18). The van der Waals surface area contributed by atoms with Crippen LogP contribution in [0.5, 0.6) is 0 Å². The summed E-state index contributed by atoms with van der Waals surface area (Å²) in [5, 5.41) is 18.8. The third-order valence-electron chi connectivity index (χ3n) is 3.58. The predicted molar refractivity (Wildman–Crippen MR) is 67.3 cm³/mol. The Balaban J connectivity index is 1.98. The highest BCUT2D eigenvalue weighted by molar-refractivity contribution is 5.81. The van der Waals surface area contributed by atoms with E-state index in [1.165, 1.54) is 0 Å². The third kappa shape index (κ3) is 2.18. The van der Waals surface area contributed by atoms with Crippen LogP contribution >= 0.6 is 0 Å². The number of aliphatic carboxylic acids is 1. The van der Waals surface area contributed by atoms with Crippen LogP contribution in [0.2, 0.25) is 0 Å². The van der Waals surface area contributed by atoms with E-state index < -0.39 is 5.97 Å². The van der Waals surface area contributed by atoms with E-state index in [4.69, 9.17) is 5.11 Å². The normalized spacial score (nSPS) is 16.7. The molecule has 3 rings (SSSR count). The molecule has 1 atom stereocenters. The van der Waals surface area contributed by atoms with Crippen molar-refractivity contribution < 1.29 is 9.90 Å². The van der Waals surface area contributed by atoms with E-state index in [1.54, 1.807) is 12.4 Å². The molecule has 0 bridgehead atoms. The van der Waals surface area contributed by atoms with E-state index >= 15 is 0 Å². The molecule has 0 amide bonds. The third-order valence-corrected chi connectivity index (χ3v) is 3.58. The highest BCUT2D eigenvalue weighted by Gasteiger charge is 2.33. The molecule has 1 saturated carbocycles. The van der Waals surface area contributed by atoms with Gasteiger partial charge in [-0.15, -0.1) is 0 Å². The second kappa shape index (κ2) is 4.37. The lowest BCUT2D eigenvalue weighted by Gasteiger charge is -2.14. The van der Waals surface area contributed by atoms with Crippen molar-refractivity contribution in [3.8, 4) is 0 Å². The summed E-state index contributed by atoms with van der Waals surface area (Å²) in [6, 6.07) is 6.07. The number of nitrogens with zero attached hydrogens (tertiary/aromatic N) is 2. The molecule has 18 heavy (non-hydrogen) atoms. The molecule has 1 aliphatic carbocycles. The molecule has 1 aromatic carbocycles. The Morgan fingerprint density at radius 2 is 2.00 bits per heavy atom. The second-order valence-electron chi connectivity index (χ2n) is 4.92. The summed E-state index contributed by atoms with van der Waals surface area (Å²) in [5.41, 5.74) is 1.11. The van der Waals surface area contributed by atoms with Crippen LogP contribution in [0.3, 0.4) is 0 Å². The molecular formula is C14H14N2O2. The molecule has 2 aromatic rings. The number of fused-ring (bicyclic) bond motifs is 1. The lowest BCUT2D eigenvalue weighted by molar-refractivity contribution is -0.137. The molecule has 1 aliphatic rings. The fourth-order valence-electron chi connectivity index (χ4n) is 2.49. The number of aromatic nitrogens is 2. The fraction of sp³-hybridized carbons (Fsp3) is 0.357. The van der Waals surface area contributed by atoms with E-state index in [9.17, 15) is 4.79 Å². The molecule has 0 aliphatic heterocycles. The van der Waals surface area contributed by atoms with Gasteiger partial charge in [-0.05, 0) is 36.3 Å². The van der Waals surface area contributed by atoms with Gasteiger partial charge in [0.05, 0.1) is 18.8 Å². The lowest BCUT2D eigenvalue weighted by atomic mass is 9.90. The SMILES string of the molecule is O=C(O)CC(c1ccc2cnncc2c1)C1CC1. The minimum Gasteiger partial charge on any atom is -0.481 e. The topological polar surface area (TPSA) is 63.1 Å². The number of carboxylic acids is 1. The van der Waals surface area contributed by atoms with Crippen LogP contribution in [-0.4, -0.2) is 21.3 Å². The van der Waals surface area contributed by atoms with Crippen LogP contribution < -0.4 is 0 Å². The summed E-state index contributed by atoms with van der Waals surface area (Å²) in [6.45, 7) is 0. The van der Waals surface area contributed by atoms with Gasteiger partial charge in [-0.25, -0.2) is 0 Å². The van der Waals surface area contributed by atoms with Crippen molar-refractivity contribution in [1.82, 2.24) is 10.2 Å². The van der Waals surface area contributed by atoms with Crippen molar-refractivity contribution >= 4 is 16.7 Å². The van der Waals surface area contributed by atoms with E-state index in [1.807, 2.05) is 12.1 Å². The van der Waals surface area contributed by atoms with Crippen molar-refractivity contribution in [3.63, 3.8) is 0 Å². The van der Waals surface area contributed by atoms with Gasteiger partial charge >= 0.3 is 5.97 Å². The van der Waals surface area contributed by atoms with Crippen LogP contribution in [0, 0.1) is 5.92 Å². The first-order chi connectivity index (χ1) is 8.74. The molecule has 0 saturated heterocycles. The van der Waals surface area contributed by atoms with Gasteiger partial charge in [0.25, 0.3) is 0 Å². The zero-order valence-electron chi connectivity index (χ0n) is 9.91. The van der Waals surface area contributed by atoms with Crippen LogP contribution in [-0.2, 0) is 4.79 Å². The smallest absolute Gasteiger partial charge is 0.303 e. The first kappa shape index (κ1) is 11.1. The summed E-state index contributed by atoms with van der Waals surface area (Å²) in [6.07, 6.45) is 5.95. The first-order valence-corrected chi connectivity index (χ1v) is 6.16. The van der Waals surface area contributed by atoms with Crippen molar-refractivity contribution in [2.75, 3.05) is 0 Å². The maximum atomic E-state index is 11.0. The summed E-state index contributed by atoms with van der Waals surface area (Å²) < 4.78 is 0. The average Bonchev–Trinajstić information content (AvgIpc) is 3.19. The Bertz CT molecular complexity index is 593. The number of rotatable bonds is 4. The molecule has 92 valence electrons. The van der Waals surface area contributed by atoms with E-state index in [2.05, 4.69) is 16.3 Å². The van der Waals surface area contributed by atoms with Crippen LogP contribution in [0.15, 0.2) is 30.6 Å². The summed E-state index contributed by atoms with van der Waals surface area (Å²) in [4.78, 5) is 11.0. The highest BCUT2D eigenvalue weighted by Crippen LogP contribution is 2.44. The quantitative estimate of drug-likeness (QED) is 0.895. The Kier molecular flexibility index (Phi) is 2.70. The molecule has 1 fully saturated rings. The Morgan fingerprint density at radius 3 is 2.67 bits per heavy atom. The van der Waals surface area contributed by atoms with Gasteiger partial charge < -0.3 is 5.11 Å². The maximum absolute atomic E-state index is 11.0. The molecule has 4 nitrogen and oxygen atoms in total. The van der Waals surface area contributed by atoms with Gasteiger partial charge in [0.1, 0.15) is 0 Å². The van der Waals surface area contributed by atoms with Gasteiger partial charge in [-0.3, -0.25) is 4.79 Å². The molecular weight excluding hydrogens is 228 g/mol. The molecule has 1 N–H and O–H groups in total. The fourth-order valence-corrected chi connectivity index (χ4v) is 2.49. The number of hydrogen-bond donors (Lipinski definition) is 1. The van der Waals surface area contributed by atoms with E-state index in [0.717, 1.165) is 29.2 Å². The highest BCUT2D eigenvalue weighted by atomic mass is 16.4. The second-order valence-corrected chi connectivity index (χ2v) is 4.92. The molecule has 1 aromatic heterocycles. The molecule has 0 radical (unpaired) electrons. The first-order valence-electron chi connectivity index (χ1n) is 6.16. The monoisotopic (exact) mass is 242 g/mol. The minimum atomic E-state index is -0.722. The van der Waals surface area contributed by atoms with Gasteiger partial charge in [-0.1, -0.05) is 12.1 Å². The van der Waals surface area contributed by atoms with Crippen LogP contribution in [0.4, 0.5) is 0 Å². The molecule has 0 spiro atoms. The zero-order chi connectivity index (χ0) is 12.5. The van der Waals surface area contributed by atoms with Crippen molar-refractivity contribution in [3.05, 3.63) is 36.2 Å². The average molecular weight is 242 g/mol. The van der Waals surface area contributed by atoms with E-state index in [0.29, 0.717) is 5.92 Å². The Labute approximate surface area is 105 Å². The zero-order valence-corrected chi connectivity index (χ0v) is 9.91. The predicted octanol–water partition coefficient (Wildman–Crippen LogP) is 2.60. The van der Waals surface area contributed by atoms with Gasteiger partial charge in [0, 0.05) is 10.8 Å². The van der Waals surface area contributed by atoms with Gasteiger partial charge in [0.2, 0.25) is 0 Å². The van der Waals surface area contributed by atoms with Gasteiger partial charge in [0.15, 0.2) is 0 Å². The van der Waals surface area contributed by atoms with Crippen molar-refractivity contribution in [2.24, 2.45) is 5.92 Å². The summed E-state index contributed by atoms with van der Waals surface area (Å²) >= 11 is 0. The summed E-state index contributed by atoms with van der Waals surface area (Å²) in [7, 11) is 0. The van der Waals surface area contributed by atoms with E-state index in [-0.39, 0.29) is 12.3 Å². The Morgan fingerprint density at radius 1 is 1.28 bits per heavy atom. The van der Waals surface area contributed by atoms with Gasteiger partial charge in [-0.2, -0.15) is 10.2 Å². The number of carbonyl (C=O) groups is 1. The number of carboxylic acid groups (broad SMARTS) is 1. The number of hydrogen-bond acceptors (Lipinski definition) is 3. The van der Waals surface area contributed by atoms with Crippen LogP contribution in [0.25, 0.3) is 10.8 Å². The minimum absolute atomic E-state index is 0.139. The van der Waals surface area contributed by atoms with Crippen molar-refractivity contribution in [1.29, 1.82) is 0 Å². The summed E-state index contributed by atoms with van der Waals surface area (Å²) in [5.74, 6) is -0.0479. The number of benzene rings is 1. The van der Waals surface area contributed by atoms with Crippen molar-refractivity contribution in [2.45, 2.75) is 25.2 Å². The molecule has 1 heterocycles. The largest absolute Gasteiger partial charge is 0.481 e.